The van der Waals surface area contributed by atoms with Crippen LogP contribution in [0.15, 0.2) is 34.2 Å². The largest absolute Gasteiger partial charge is 0.396 e. The molecule has 0 radical (unpaired) electrons. The fourth-order valence-corrected chi connectivity index (χ4v) is 4.72. The van der Waals surface area contributed by atoms with E-state index < -0.39 is 10.0 Å². The van der Waals surface area contributed by atoms with Gasteiger partial charge in [0.05, 0.1) is 11.4 Å². The number of halogens is 1. The van der Waals surface area contributed by atoms with Gasteiger partial charge in [-0.15, -0.1) is 24.0 Å². The van der Waals surface area contributed by atoms with Crippen LogP contribution >= 0.6 is 24.0 Å². The van der Waals surface area contributed by atoms with E-state index in [1.165, 1.54) is 37.7 Å². The van der Waals surface area contributed by atoms with E-state index >= 15 is 0 Å². The lowest BCUT2D eigenvalue weighted by Gasteiger charge is -2.37. The summed E-state index contributed by atoms with van der Waals surface area (Å²) in [5.41, 5.74) is 1.09. The molecule has 7 nitrogen and oxygen atoms in total. The van der Waals surface area contributed by atoms with Crippen LogP contribution < -0.4 is 10.6 Å². The van der Waals surface area contributed by atoms with Gasteiger partial charge in [0.1, 0.15) is 0 Å². The Kier molecular flexibility index (Phi) is 11.6. The molecule has 0 atom stereocenters. The van der Waals surface area contributed by atoms with Gasteiger partial charge in [-0.3, -0.25) is 0 Å². The lowest BCUT2D eigenvalue weighted by molar-refractivity contribution is 0.131. The van der Waals surface area contributed by atoms with Crippen LogP contribution in [0.4, 0.5) is 0 Å². The van der Waals surface area contributed by atoms with Crippen LogP contribution in [0.2, 0.25) is 0 Å². The average molecular weight is 553 g/mol. The number of nitrogens with zero attached hydrogens (tertiary/aromatic N) is 2. The molecule has 172 valence electrons. The molecule has 0 amide bonds. The first kappa shape index (κ1) is 27.1. The first-order chi connectivity index (χ1) is 13.8. The maximum atomic E-state index is 12.2. The number of hydrogen-bond acceptors (Lipinski definition) is 4. The molecule has 0 aliphatic heterocycles. The summed E-state index contributed by atoms with van der Waals surface area (Å²) in [6.45, 7) is 4.28. The molecule has 0 heterocycles. The summed E-state index contributed by atoms with van der Waals surface area (Å²) in [5.74, 6) is 0.750. The smallest absolute Gasteiger partial charge is 0.242 e. The van der Waals surface area contributed by atoms with E-state index in [0.717, 1.165) is 43.9 Å². The first-order valence-corrected chi connectivity index (χ1v) is 11.9. The zero-order valence-electron chi connectivity index (χ0n) is 18.4. The molecule has 0 bridgehead atoms. The minimum absolute atomic E-state index is 0. The van der Waals surface area contributed by atoms with Crippen molar-refractivity contribution in [3.63, 3.8) is 0 Å². The number of guanidine groups is 1. The van der Waals surface area contributed by atoms with Gasteiger partial charge in [0.15, 0.2) is 5.96 Å². The highest BCUT2D eigenvalue weighted by Gasteiger charge is 2.31. The summed E-state index contributed by atoms with van der Waals surface area (Å²) < 4.78 is 25.6. The quantitative estimate of drug-likeness (QED) is 0.249. The maximum Gasteiger partial charge on any atom is 0.242 e. The molecular weight excluding hydrogens is 515 g/mol. The van der Waals surface area contributed by atoms with Crippen molar-refractivity contribution in [2.24, 2.45) is 10.4 Å². The second kappa shape index (κ2) is 12.8. The van der Waals surface area contributed by atoms with Crippen molar-refractivity contribution in [2.75, 3.05) is 33.8 Å². The van der Waals surface area contributed by atoms with Gasteiger partial charge in [-0.1, -0.05) is 31.4 Å². The molecule has 1 aliphatic rings. The lowest BCUT2D eigenvalue weighted by Crippen LogP contribution is -2.44. The Morgan fingerprint density at radius 1 is 1.13 bits per heavy atom. The standard InChI is InChI=1S/C21H36N4O3S.HI/c1-4-22-20(24-17-21(14-15-26)12-6-5-7-13-21)23-16-18-8-10-19(11-9-18)29(27,28)25(2)3;/h8-11,26H,4-7,12-17H2,1-3H3,(H2,22,23,24);1H. The van der Waals surface area contributed by atoms with Crippen LogP contribution in [0.5, 0.6) is 0 Å². The van der Waals surface area contributed by atoms with Crippen LogP contribution in [-0.4, -0.2) is 57.6 Å². The minimum atomic E-state index is -3.41. The molecule has 1 aliphatic carbocycles. The lowest BCUT2D eigenvalue weighted by atomic mass is 9.72. The van der Waals surface area contributed by atoms with Gasteiger partial charge in [-0.05, 0) is 49.3 Å². The molecule has 9 heteroatoms. The van der Waals surface area contributed by atoms with E-state index in [9.17, 15) is 13.5 Å². The molecule has 0 saturated heterocycles. The number of aliphatic imine (C=N–C) groups is 1. The Balaban J connectivity index is 0.00000450. The van der Waals surface area contributed by atoms with Crippen molar-refractivity contribution in [3.8, 4) is 0 Å². The number of hydrogen-bond donors (Lipinski definition) is 3. The molecule has 1 aromatic carbocycles. The molecule has 0 spiro atoms. The van der Waals surface area contributed by atoms with E-state index in [0.29, 0.717) is 6.54 Å². The van der Waals surface area contributed by atoms with E-state index in [-0.39, 0.29) is 40.9 Å². The van der Waals surface area contributed by atoms with Crippen molar-refractivity contribution >= 4 is 40.0 Å². The molecule has 3 N–H and O–H groups in total. The Morgan fingerprint density at radius 2 is 1.77 bits per heavy atom. The molecule has 2 rings (SSSR count). The number of rotatable bonds is 9. The zero-order valence-corrected chi connectivity index (χ0v) is 21.5. The highest BCUT2D eigenvalue weighted by Crippen LogP contribution is 2.38. The summed E-state index contributed by atoms with van der Waals surface area (Å²) in [6.07, 6.45) is 6.82. The van der Waals surface area contributed by atoms with E-state index in [2.05, 4.69) is 15.6 Å². The predicted octanol–water partition coefficient (Wildman–Crippen LogP) is 2.94. The van der Waals surface area contributed by atoms with Crippen LogP contribution in [0.1, 0.15) is 51.0 Å². The topological polar surface area (TPSA) is 94.0 Å². The Bertz CT molecular complexity index is 755. The van der Waals surface area contributed by atoms with Crippen molar-refractivity contribution in [3.05, 3.63) is 29.8 Å². The van der Waals surface area contributed by atoms with Crippen LogP contribution in [0, 0.1) is 5.41 Å². The summed E-state index contributed by atoms with van der Waals surface area (Å²) >= 11 is 0. The second-order valence-corrected chi connectivity index (χ2v) is 10.2. The SMILES string of the molecule is CCNC(=NCc1ccc(S(=O)(=O)N(C)C)cc1)NCC1(CCO)CCCCC1.I. The van der Waals surface area contributed by atoms with Crippen molar-refractivity contribution in [1.82, 2.24) is 14.9 Å². The average Bonchev–Trinajstić information content (AvgIpc) is 2.71. The number of nitrogens with one attached hydrogen (secondary N) is 2. The highest BCUT2D eigenvalue weighted by molar-refractivity contribution is 14.0. The third-order valence-electron chi connectivity index (χ3n) is 5.65. The maximum absolute atomic E-state index is 12.2. The molecule has 1 fully saturated rings. The number of benzene rings is 1. The highest BCUT2D eigenvalue weighted by atomic mass is 127. The monoisotopic (exact) mass is 552 g/mol. The van der Waals surface area contributed by atoms with Gasteiger partial charge >= 0.3 is 0 Å². The predicted molar refractivity (Wildman–Crippen MR) is 133 cm³/mol. The number of aliphatic hydroxyl groups excluding tert-OH is 1. The minimum Gasteiger partial charge on any atom is -0.396 e. The molecule has 30 heavy (non-hydrogen) atoms. The second-order valence-electron chi connectivity index (χ2n) is 8.01. The van der Waals surface area contributed by atoms with Crippen molar-refractivity contribution in [1.29, 1.82) is 0 Å². The summed E-state index contributed by atoms with van der Waals surface area (Å²) in [6, 6.07) is 6.85. The van der Waals surface area contributed by atoms with E-state index in [1.807, 2.05) is 6.92 Å². The fourth-order valence-electron chi connectivity index (χ4n) is 3.82. The third kappa shape index (κ3) is 7.65. The Hall–Kier alpha value is -0.910. The Labute approximate surface area is 198 Å². The van der Waals surface area contributed by atoms with Gasteiger partial charge in [-0.25, -0.2) is 17.7 Å². The van der Waals surface area contributed by atoms with Crippen LogP contribution in [-0.2, 0) is 16.6 Å². The van der Waals surface area contributed by atoms with E-state index in [4.69, 9.17) is 0 Å². The van der Waals surface area contributed by atoms with Gasteiger partial charge in [0, 0.05) is 33.8 Å². The number of aliphatic hydroxyl groups is 1. The molecular formula is C21H37IN4O3S. The molecule has 0 aromatic heterocycles. The van der Waals surface area contributed by atoms with Crippen molar-refractivity contribution < 1.29 is 13.5 Å². The number of sulfonamides is 1. The third-order valence-corrected chi connectivity index (χ3v) is 7.48. The molecule has 1 aromatic rings. The van der Waals surface area contributed by atoms with E-state index in [1.54, 1.807) is 24.3 Å². The summed E-state index contributed by atoms with van der Waals surface area (Å²) in [7, 11) is -0.363. The molecule has 0 unspecified atom stereocenters. The van der Waals surface area contributed by atoms with Crippen LogP contribution in [0.25, 0.3) is 0 Å². The fraction of sp³-hybridized carbons (Fsp3) is 0.667. The summed E-state index contributed by atoms with van der Waals surface area (Å²) in [5, 5.41) is 16.2. The first-order valence-electron chi connectivity index (χ1n) is 10.5. The van der Waals surface area contributed by atoms with Gasteiger partial charge in [0.25, 0.3) is 0 Å². The normalized spacial score (nSPS) is 16.8. The molecule has 1 saturated carbocycles. The van der Waals surface area contributed by atoms with Gasteiger partial charge in [0.2, 0.25) is 10.0 Å². The summed E-state index contributed by atoms with van der Waals surface area (Å²) in [4.78, 5) is 4.94. The zero-order chi connectivity index (χ0) is 21.3. The van der Waals surface area contributed by atoms with Crippen molar-refractivity contribution in [2.45, 2.75) is 56.9 Å². The van der Waals surface area contributed by atoms with Gasteiger partial charge < -0.3 is 15.7 Å². The van der Waals surface area contributed by atoms with Gasteiger partial charge in [-0.2, -0.15) is 0 Å². The van der Waals surface area contributed by atoms with Crippen LogP contribution in [0.3, 0.4) is 0 Å². The Morgan fingerprint density at radius 3 is 2.30 bits per heavy atom.